The number of nitrogens with zero attached hydrogens (tertiary/aromatic N) is 2. The molecule has 0 aromatic heterocycles. The van der Waals surface area contributed by atoms with Crippen molar-refractivity contribution in [1.82, 2.24) is 15.1 Å². The third-order valence-electron chi connectivity index (χ3n) is 6.99. The molecule has 39 heavy (non-hydrogen) atoms. The van der Waals surface area contributed by atoms with Crippen LogP contribution in [0.15, 0.2) is 84.9 Å². The minimum atomic E-state index is -1.20. The first-order chi connectivity index (χ1) is 18.9. The number of ether oxygens (including phenoxy) is 2. The number of benzene rings is 3. The zero-order valence-electron chi connectivity index (χ0n) is 21.5. The predicted octanol–water partition coefficient (Wildman–Crippen LogP) is 2.22. The number of fused-ring (bicyclic) bond motifs is 1. The summed E-state index contributed by atoms with van der Waals surface area (Å²) >= 11 is 0. The normalized spacial score (nSPS) is 19.6. The van der Waals surface area contributed by atoms with Crippen molar-refractivity contribution < 1.29 is 28.7 Å². The van der Waals surface area contributed by atoms with Crippen molar-refractivity contribution in [2.75, 3.05) is 13.2 Å². The Morgan fingerprint density at radius 2 is 1.59 bits per heavy atom. The van der Waals surface area contributed by atoms with Gasteiger partial charge in [-0.25, -0.2) is 4.79 Å². The average molecular weight is 528 g/mol. The SMILES string of the molecule is Cc1ccccc1CC(=O)N1CC2[C@@H](NC(=O)COc3ccccc3)C(=O)N2C1C(=O)OCc1ccccc1. The molecule has 3 aromatic rings. The van der Waals surface area contributed by atoms with Crippen molar-refractivity contribution in [3.8, 4) is 5.75 Å². The molecule has 0 spiro atoms. The van der Waals surface area contributed by atoms with Gasteiger partial charge in [-0.05, 0) is 35.7 Å². The average Bonchev–Trinajstić information content (AvgIpc) is 3.32. The van der Waals surface area contributed by atoms with Gasteiger partial charge in [0.1, 0.15) is 18.4 Å². The van der Waals surface area contributed by atoms with Crippen LogP contribution in [-0.4, -0.2) is 64.9 Å². The van der Waals surface area contributed by atoms with Crippen LogP contribution in [0.2, 0.25) is 0 Å². The maximum Gasteiger partial charge on any atom is 0.350 e. The lowest BCUT2D eigenvalue weighted by Gasteiger charge is -2.43. The number of aryl methyl sites for hydroxylation is 1. The van der Waals surface area contributed by atoms with Crippen LogP contribution in [0.3, 0.4) is 0 Å². The Morgan fingerprint density at radius 3 is 2.31 bits per heavy atom. The lowest BCUT2D eigenvalue weighted by molar-refractivity contribution is -0.170. The third-order valence-corrected chi connectivity index (χ3v) is 6.99. The largest absolute Gasteiger partial charge is 0.484 e. The molecule has 0 radical (unpaired) electrons. The fourth-order valence-electron chi connectivity index (χ4n) is 4.91. The minimum Gasteiger partial charge on any atom is -0.484 e. The van der Waals surface area contributed by atoms with Gasteiger partial charge in [-0.1, -0.05) is 72.8 Å². The number of nitrogens with one attached hydrogen (secondary N) is 1. The van der Waals surface area contributed by atoms with Gasteiger partial charge in [-0.15, -0.1) is 0 Å². The van der Waals surface area contributed by atoms with Crippen LogP contribution in [0.5, 0.6) is 5.75 Å². The number of carbonyl (C=O) groups excluding carboxylic acids is 4. The van der Waals surface area contributed by atoms with E-state index in [0.717, 1.165) is 16.7 Å². The summed E-state index contributed by atoms with van der Waals surface area (Å²) in [5.41, 5.74) is 2.58. The summed E-state index contributed by atoms with van der Waals surface area (Å²) in [6.45, 7) is 1.77. The monoisotopic (exact) mass is 527 g/mol. The molecule has 1 N–H and O–H groups in total. The van der Waals surface area contributed by atoms with Gasteiger partial charge in [-0.2, -0.15) is 0 Å². The van der Waals surface area contributed by atoms with Crippen molar-refractivity contribution in [1.29, 1.82) is 0 Å². The Bertz CT molecular complexity index is 1360. The summed E-state index contributed by atoms with van der Waals surface area (Å²) in [7, 11) is 0. The Hall–Kier alpha value is -4.66. The highest BCUT2D eigenvalue weighted by atomic mass is 16.5. The topological polar surface area (TPSA) is 105 Å². The zero-order chi connectivity index (χ0) is 27.4. The first kappa shape index (κ1) is 26.0. The van der Waals surface area contributed by atoms with Gasteiger partial charge in [-0.3, -0.25) is 14.4 Å². The van der Waals surface area contributed by atoms with E-state index >= 15 is 0 Å². The van der Waals surface area contributed by atoms with Crippen molar-refractivity contribution in [2.45, 2.75) is 38.2 Å². The molecule has 2 unspecified atom stereocenters. The number of β-lactam (4-membered cyclic amide) rings is 1. The van der Waals surface area contributed by atoms with Crippen LogP contribution in [-0.2, 0) is 36.9 Å². The Balaban J connectivity index is 1.29. The van der Waals surface area contributed by atoms with Crippen molar-refractivity contribution in [3.05, 3.63) is 102 Å². The van der Waals surface area contributed by atoms with E-state index in [0.29, 0.717) is 5.75 Å². The summed E-state index contributed by atoms with van der Waals surface area (Å²) in [5.74, 6) is -1.37. The Kier molecular flexibility index (Phi) is 7.58. The van der Waals surface area contributed by atoms with Crippen LogP contribution >= 0.6 is 0 Å². The van der Waals surface area contributed by atoms with E-state index in [1.54, 1.807) is 24.3 Å². The van der Waals surface area contributed by atoms with E-state index in [1.807, 2.05) is 67.6 Å². The molecule has 0 bridgehead atoms. The van der Waals surface area contributed by atoms with Crippen LogP contribution in [0.25, 0.3) is 0 Å². The Labute approximate surface area is 226 Å². The number of hydrogen-bond donors (Lipinski definition) is 1. The smallest absolute Gasteiger partial charge is 0.350 e. The second-order valence-corrected chi connectivity index (χ2v) is 9.58. The predicted molar refractivity (Wildman–Crippen MR) is 141 cm³/mol. The van der Waals surface area contributed by atoms with Gasteiger partial charge in [0.25, 0.3) is 5.91 Å². The maximum absolute atomic E-state index is 13.4. The van der Waals surface area contributed by atoms with E-state index < -0.39 is 36.0 Å². The minimum absolute atomic E-state index is 0.0136. The van der Waals surface area contributed by atoms with Gasteiger partial charge in [0.05, 0.1) is 12.5 Å². The van der Waals surface area contributed by atoms with Crippen molar-refractivity contribution in [3.63, 3.8) is 0 Å². The summed E-state index contributed by atoms with van der Waals surface area (Å²) in [6.07, 6.45) is -1.12. The Morgan fingerprint density at radius 1 is 0.923 bits per heavy atom. The second-order valence-electron chi connectivity index (χ2n) is 9.58. The highest BCUT2D eigenvalue weighted by Gasteiger charge is 2.61. The molecule has 5 rings (SSSR count). The first-order valence-electron chi connectivity index (χ1n) is 12.8. The highest BCUT2D eigenvalue weighted by Crippen LogP contribution is 2.34. The molecule has 3 amide bonds. The van der Waals surface area contributed by atoms with Gasteiger partial charge >= 0.3 is 5.97 Å². The molecule has 3 atom stereocenters. The molecular formula is C30H29N3O6. The summed E-state index contributed by atoms with van der Waals surface area (Å²) < 4.78 is 11.0. The molecule has 2 fully saturated rings. The third kappa shape index (κ3) is 5.62. The molecule has 9 nitrogen and oxygen atoms in total. The molecule has 2 aliphatic heterocycles. The lowest BCUT2D eigenvalue weighted by atomic mass is 9.96. The summed E-state index contributed by atoms with van der Waals surface area (Å²) in [4.78, 5) is 55.1. The standard InChI is InChI=1S/C30H29N3O6/c1-20-10-8-9-13-22(20)16-26(35)32-17-24-27(31-25(34)19-38-23-14-6-3-7-15-23)29(36)33(24)28(32)30(37)39-18-21-11-4-2-5-12-21/h2-15,24,27-28H,16-19H2,1H3,(H,31,34)/t24?,27-,28?/m1/s1. The van der Waals surface area contributed by atoms with E-state index in [9.17, 15) is 19.2 Å². The molecule has 2 saturated heterocycles. The van der Waals surface area contributed by atoms with Crippen molar-refractivity contribution >= 4 is 23.7 Å². The quantitative estimate of drug-likeness (QED) is 0.338. The fourth-order valence-corrected chi connectivity index (χ4v) is 4.91. The van der Waals surface area contributed by atoms with Crippen LogP contribution in [0, 0.1) is 6.92 Å². The molecule has 9 heteroatoms. The summed E-state index contributed by atoms with van der Waals surface area (Å²) in [6, 6.07) is 24.2. The van der Waals surface area contributed by atoms with Crippen LogP contribution in [0.1, 0.15) is 16.7 Å². The van der Waals surface area contributed by atoms with Gasteiger partial charge in [0.15, 0.2) is 6.61 Å². The first-order valence-corrected chi connectivity index (χ1v) is 12.8. The van der Waals surface area contributed by atoms with Crippen molar-refractivity contribution in [2.24, 2.45) is 0 Å². The molecular weight excluding hydrogens is 498 g/mol. The molecule has 3 aromatic carbocycles. The van der Waals surface area contributed by atoms with Crippen LogP contribution < -0.4 is 10.1 Å². The fraction of sp³-hybridized carbons (Fsp3) is 0.267. The van der Waals surface area contributed by atoms with E-state index in [1.165, 1.54) is 9.80 Å². The number of amides is 3. The lowest BCUT2D eigenvalue weighted by Crippen LogP contribution is -2.71. The summed E-state index contributed by atoms with van der Waals surface area (Å²) in [5, 5.41) is 2.70. The number of carbonyl (C=O) groups is 4. The number of hydrogen-bond acceptors (Lipinski definition) is 6. The van der Waals surface area contributed by atoms with E-state index in [4.69, 9.17) is 9.47 Å². The second kappa shape index (κ2) is 11.4. The van der Waals surface area contributed by atoms with Crippen LogP contribution in [0.4, 0.5) is 0 Å². The van der Waals surface area contributed by atoms with E-state index in [2.05, 4.69) is 5.32 Å². The zero-order valence-corrected chi connectivity index (χ0v) is 21.5. The number of esters is 1. The van der Waals surface area contributed by atoms with E-state index in [-0.39, 0.29) is 32.1 Å². The highest BCUT2D eigenvalue weighted by molar-refractivity contribution is 5.99. The molecule has 2 heterocycles. The molecule has 2 aliphatic rings. The number of rotatable bonds is 9. The molecule has 0 saturated carbocycles. The van der Waals surface area contributed by atoms with Gasteiger partial charge in [0, 0.05) is 6.54 Å². The number of para-hydroxylation sites is 1. The maximum atomic E-state index is 13.4. The molecule has 0 aliphatic carbocycles. The molecule has 200 valence electrons. The van der Waals surface area contributed by atoms with Gasteiger partial charge in [0.2, 0.25) is 18.0 Å². The van der Waals surface area contributed by atoms with Gasteiger partial charge < -0.3 is 24.6 Å².